The van der Waals surface area contributed by atoms with Crippen LogP contribution in [-0.4, -0.2) is 61.7 Å². The number of hydrogen-bond donors (Lipinski definition) is 1. The number of methoxy groups -OCH3 is 1. The van der Waals surface area contributed by atoms with Gasteiger partial charge in [0.15, 0.2) is 0 Å². The monoisotopic (exact) mass is 294 g/mol. The van der Waals surface area contributed by atoms with Crippen LogP contribution in [0.5, 0.6) is 0 Å². The topological polar surface area (TPSA) is 78.5 Å². The Bertz CT molecular complexity index is 555. The highest BCUT2D eigenvalue weighted by Crippen LogP contribution is 2.26. The van der Waals surface area contributed by atoms with Crippen molar-refractivity contribution in [2.24, 2.45) is 0 Å². The molecule has 1 atom stereocenters. The van der Waals surface area contributed by atoms with Crippen molar-refractivity contribution >= 4 is 11.9 Å². The number of hydrogen-bond acceptors (Lipinski definition) is 5. The molecule has 1 amide bonds. The lowest BCUT2D eigenvalue weighted by molar-refractivity contribution is -0.131. The average Bonchev–Trinajstić information content (AvgIpc) is 2.94. The van der Waals surface area contributed by atoms with Gasteiger partial charge in [-0.1, -0.05) is 0 Å². The van der Waals surface area contributed by atoms with Gasteiger partial charge in [0.25, 0.3) is 5.56 Å². The summed E-state index contributed by atoms with van der Waals surface area (Å²) in [6.45, 7) is 1.76. The van der Waals surface area contributed by atoms with Crippen LogP contribution >= 0.6 is 0 Å². The molecular weight excluding hydrogens is 272 g/mol. The van der Waals surface area contributed by atoms with Gasteiger partial charge in [-0.25, -0.2) is 4.98 Å². The minimum Gasteiger partial charge on any atom is -0.384 e. The summed E-state index contributed by atoms with van der Waals surface area (Å²) >= 11 is 0. The number of likely N-dealkylation sites (tertiary alicyclic amines) is 1. The van der Waals surface area contributed by atoms with Crippen molar-refractivity contribution in [2.75, 3.05) is 45.8 Å². The maximum atomic E-state index is 12.0. The molecule has 0 saturated carbocycles. The highest BCUT2D eigenvalue weighted by Gasteiger charge is 2.28. The number of nitrogens with one attached hydrogen (secondary N) is 1. The van der Waals surface area contributed by atoms with E-state index in [1.807, 2.05) is 19.0 Å². The Morgan fingerprint density at radius 2 is 2.33 bits per heavy atom. The van der Waals surface area contributed by atoms with Crippen LogP contribution in [0.2, 0.25) is 0 Å². The number of aromatic amines is 1. The van der Waals surface area contributed by atoms with Crippen molar-refractivity contribution in [2.45, 2.75) is 18.8 Å². The van der Waals surface area contributed by atoms with Crippen molar-refractivity contribution in [3.63, 3.8) is 0 Å². The van der Waals surface area contributed by atoms with E-state index in [-0.39, 0.29) is 17.4 Å². The van der Waals surface area contributed by atoms with E-state index in [1.54, 1.807) is 12.0 Å². The molecule has 7 heteroatoms. The van der Waals surface area contributed by atoms with Crippen molar-refractivity contribution in [3.05, 3.63) is 22.1 Å². The van der Waals surface area contributed by atoms with Crippen LogP contribution in [-0.2, 0) is 9.53 Å². The van der Waals surface area contributed by atoms with Gasteiger partial charge in [-0.2, -0.15) is 0 Å². The van der Waals surface area contributed by atoms with E-state index in [1.165, 1.54) is 6.07 Å². The second-order valence-corrected chi connectivity index (χ2v) is 5.46. The molecule has 2 rings (SSSR count). The van der Waals surface area contributed by atoms with Crippen LogP contribution in [0.4, 0.5) is 5.95 Å². The normalized spacial score (nSPS) is 18.0. The molecule has 1 saturated heterocycles. The lowest BCUT2D eigenvalue weighted by Crippen LogP contribution is -2.29. The highest BCUT2D eigenvalue weighted by molar-refractivity contribution is 5.76. The number of carbonyl (C=O) groups excluding carboxylic acids is 1. The van der Waals surface area contributed by atoms with Crippen LogP contribution in [0.1, 0.15) is 24.5 Å². The summed E-state index contributed by atoms with van der Waals surface area (Å²) in [5, 5.41) is 0. The fraction of sp³-hybridized carbons (Fsp3) is 0.643. The number of nitrogens with zero attached hydrogens (tertiary/aromatic N) is 3. The first-order chi connectivity index (χ1) is 10.0. The minimum absolute atomic E-state index is 0.0945. The van der Waals surface area contributed by atoms with Gasteiger partial charge in [0.05, 0.1) is 18.7 Å². The van der Waals surface area contributed by atoms with Crippen molar-refractivity contribution < 1.29 is 9.53 Å². The largest absolute Gasteiger partial charge is 0.384 e. The molecular formula is C14H22N4O3. The molecule has 1 aliphatic rings. The average molecular weight is 294 g/mol. The number of H-pyrrole nitrogens is 1. The van der Waals surface area contributed by atoms with Gasteiger partial charge in [0.2, 0.25) is 11.9 Å². The van der Waals surface area contributed by atoms with Crippen LogP contribution in [0, 0.1) is 0 Å². The maximum Gasteiger partial charge on any atom is 0.252 e. The predicted octanol–water partition coefficient (Wildman–Crippen LogP) is 0.188. The first-order valence-corrected chi connectivity index (χ1v) is 7.06. The van der Waals surface area contributed by atoms with Crippen LogP contribution in [0.25, 0.3) is 0 Å². The molecule has 7 nitrogen and oxygen atoms in total. The summed E-state index contributed by atoms with van der Waals surface area (Å²) in [7, 11) is 5.25. The molecule has 1 fully saturated rings. The Hall–Kier alpha value is -1.89. The summed E-state index contributed by atoms with van der Waals surface area (Å²) in [4.78, 5) is 34.4. The van der Waals surface area contributed by atoms with Crippen molar-refractivity contribution in [1.29, 1.82) is 0 Å². The smallest absolute Gasteiger partial charge is 0.252 e. The molecule has 116 valence electrons. The van der Waals surface area contributed by atoms with Gasteiger partial charge < -0.3 is 14.5 Å². The zero-order chi connectivity index (χ0) is 15.4. The van der Waals surface area contributed by atoms with Crippen LogP contribution < -0.4 is 10.5 Å². The summed E-state index contributed by atoms with van der Waals surface area (Å²) in [5.74, 6) is 0.760. The molecule has 21 heavy (non-hydrogen) atoms. The standard InChI is InChI=1S/C14H22N4O3/c1-17(2)14-15-11(8-12(19)16-14)10-4-6-18(9-10)13(20)5-7-21-3/h8,10H,4-7,9H2,1-3H3,(H,15,16,19)/t10-/m0/s1. The Kier molecular flexibility index (Phi) is 4.95. The van der Waals surface area contributed by atoms with E-state index in [2.05, 4.69) is 9.97 Å². The second-order valence-electron chi connectivity index (χ2n) is 5.46. The van der Waals surface area contributed by atoms with Gasteiger partial charge in [0, 0.05) is 46.3 Å². The fourth-order valence-electron chi connectivity index (χ4n) is 2.46. The van der Waals surface area contributed by atoms with Gasteiger partial charge in [-0.05, 0) is 6.42 Å². The minimum atomic E-state index is -0.159. The third kappa shape index (κ3) is 3.81. The lowest BCUT2D eigenvalue weighted by atomic mass is 10.1. The fourth-order valence-corrected chi connectivity index (χ4v) is 2.46. The lowest BCUT2D eigenvalue weighted by Gasteiger charge is -2.17. The molecule has 1 aromatic heterocycles. The van der Waals surface area contributed by atoms with Crippen molar-refractivity contribution in [1.82, 2.24) is 14.9 Å². The first-order valence-electron chi connectivity index (χ1n) is 7.06. The molecule has 0 spiro atoms. The van der Waals surface area contributed by atoms with Crippen LogP contribution in [0.3, 0.4) is 0 Å². The molecule has 1 N–H and O–H groups in total. The van der Waals surface area contributed by atoms with Gasteiger partial charge in [-0.3, -0.25) is 14.6 Å². The molecule has 0 bridgehead atoms. The number of amides is 1. The third-order valence-electron chi connectivity index (χ3n) is 3.65. The first kappa shape index (κ1) is 15.5. The third-order valence-corrected chi connectivity index (χ3v) is 3.65. The van der Waals surface area contributed by atoms with E-state index in [4.69, 9.17) is 4.74 Å². The Labute approximate surface area is 123 Å². The van der Waals surface area contributed by atoms with Crippen molar-refractivity contribution in [3.8, 4) is 0 Å². The molecule has 1 aliphatic heterocycles. The summed E-state index contributed by atoms with van der Waals surface area (Å²) < 4.78 is 4.93. The van der Waals surface area contributed by atoms with E-state index < -0.39 is 0 Å². The summed E-state index contributed by atoms with van der Waals surface area (Å²) in [6, 6.07) is 1.53. The molecule has 0 unspecified atom stereocenters. The molecule has 2 heterocycles. The van der Waals surface area contributed by atoms with E-state index >= 15 is 0 Å². The number of ether oxygens (including phenoxy) is 1. The molecule has 0 radical (unpaired) electrons. The van der Waals surface area contributed by atoms with Gasteiger partial charge in [0.1, 0.15) is 0 Å². The number of anilines is 1. The van der Waals surface area contributed by atoms with Gasteiger partial charge >= 0.3 is 0 Å². The van der Waals surface area contributed by atoms with E-state index in [9.17, 15) is 9.59 Å². The second kappa shape index (κ2) is 6.71. The predicted molar refractivity (Wildman–Crippen MR) is 79.6 cm³/mol. The Morgan fingerprint density at radius 1 is 1.57 bits per heavy atom. The quantitative estimate of drug-likeness (QED) is 0.838. The zero-order valence-corrected chi connectivity index (χ0v) is 12.8. The molecule has 1 aromatic rings. The summed E-state index contributed by atoms with van der Waals surface area (Å²) in [5.41, 5.74) is 0.595. The SMILES string of the molecule is COCCC(=O)N1CC[C@H](c2cc(=O)[nH]c(N(C)C)n2)C1. The van der Waals surface area contributed by atoms with E-state index in [0.29, 0.717) is 32.1 Å². The Balaban J connectivity index is 2.07. The zero-order valence-electron chi connectivity index (χ0n) is 12.8. The summed E-state index contributed by atoms with van der Waals surface area (Å²) in [6.07, 6.45) is 1.23. The van der Waals surface area contributed by atoms with E-state index in [0.717, 1.165) is 12.1 Å². The number of carbonyl (C=O) groups is 1. The number of aromatic nitrogens is 2. The highest BCUT2D eigenvalue weighted by atomic mass is 16.5. The van der Waals surface area contributed by atoms with Gasteiger partial charge in [-0.15, -0.1) is 0 Å². The molecule has 0 aromatic carbocycles. The Morgan fingerprint density at radius 3 is 3.00 bits per heavy atom. The maximum absolute atomic E-state index is 12.0. The van der Waals surface area contributed by atoms with Crippen LogP contribution in [0.15, 0.2) is 10.9 Å². The number of rotatable bonds is 5. The molecule has 0 aliphatic carbocycles.